The Labute approximate surface area is 97.4 Å². The van der Waals surface area contributed by atoms with Crippen LogP contribution in [0.3, 0.4) is 0 Å². The lowest BCUT2D eigenvalue weighted by Crippen LogP contribution is -2.32. The maximum Gasteiger partial charge on any atom is 0.0951 e. The topological polar surface area (TPSA) is 47.1 Å². The highest BCUT2D eigenvalue weighted by atomic mass is 15.1. The second kappa shape index (κ2) is 4.97. The normalized spacial score (nSPS) is 21.2. The standard InChI is InChI=1S/C12H22N4/c1-3-11(13)12-8-14-9-16(12)10-4-6-15(2)7-5-10/h8-11H,3-7,13H2,1-2H3/t11-/m1/s1. The van der Waals surface area contributed by atoms with Crippen LogP contribution in [0, 0.1) is 0 Å². The molecule has 0 amide bonds. The number of hydrogen-bond acceptors (Lipinski definition) is 3. The van der Waals surface area contributed by atoms with Crippen LogP contribution in [-0.2, 0) is 0 Å². The first-order valence-corrected chi connectivity index (χ1v) is 6.18. The van der Waals surface area contributed by atoms with Crippen LogP contribution in [0.15, 0.2) is 12.5 Å². The molecule has 0 aliphatic carbocycles. The third kappa shape index (κ3) is 2.28. The van der Waals surface area contributed by atoms with Crippen molar-refractivity contribution in [2.45, 2.75) is 38.3 Å². The van der Waals surface area contributed by atoms with Gasteiger partial charge < -0.3 is 15.2 Å². The second-order valence-electron chi connectivity index (χ2n) is 4.77. The van der Waals surface area contributed by atoms with Gasteiger partial charge in [0.15, 0.2) is 0 Å². The van der Waals surface area contributed by atoms with Crippen LogP contribution in [0.25, 0.3) is 0 Å². The lowest BCUT2D eigenvalue weighted by molar-refractivity contribution is 0.218. The zero-order valence-electron chi connectivity index (χ0n) is 10.3. The van der Waals surface area contributed by atoms with Crippen molar-refractivity contribution in [2.24, 2.45) is 5.73 Å². The molecule has 4 nitrogen and oxygen atoms in total. The minimum atomic E-state index is 0.127. The number of nitrogens with zero attached hydrogens (tertiary/aromatic N) is 3. The van der Waals surface area contributed by atoms with Crippen LogP contribution in [0.5, 0.6) is 0 Å². The van der Waals surface area contributed by atoms with Gasteiger partial charge >= 0.3 is 0 Å². The number of aromatic nitrogens is 2. The molecule has 1 aromatic rings. The molecule has 4 heteroatoms. The summed E-state index contributed by atoms with van der Waals surface area (Å²) in [6.07, 6.45) is 7.25. The van der Waals surface area contributed by atoms with Crippen molar-refractivity contribution in [3.05, 3.63) is 18.2 Å². The third-order valence-electron chi connectivity index (χ3n) is 3.60. The Balaban J connectivity index is 2.11. The van der Waals surface area contributed by atoms with E-state index in [9.17, 15) is 0 Å². The fraction of sp³-hybridized carbons (Fsp3) is 0.750. The molecule has 2 heterocycles. The van der Waals surface area contributed by atoms with E-state index in [0.717, 1.165) is 6.42 Å². The van der Waals surface area contributed by atoms with Crippen molar-refractivity contribution in [1.29, 1.82) is 0 Å². The maximum atomic E-state index is 6.10. The van der Waals surface area contributed by atoms with Gasteiger partial charge in [0.05, 0.1) is 12.0 Å². The summed E-state index contributed by atoms with van der Waals surface area (Å²) in [6.45, 7) is 4.46. The zero-order chi connectivity index (χ0) is 11.5. The summed E-state index contributed by atoms with van der Waals surface area (Å²) in [5.41, 5.74) is 7.29. The van der Waals surface area contributed by atoms with Gasteiger partial charge in [-0.25, -0.2) is 4.98 Å². The van der Waals surface area contributed by atoms with E-state index >= 15 is 0 Å². The molecule has 1 aromatic heterocycles. The van der Waals surface area contributed by atoms with E-state index in [0.29, 0.717) is 6.04 Å². The van der Waals surface area contributed by atoms with Crippen molar-refractivity contribution in [2.75, 3.05) is 20.1 Å². The summed E-state index contributed by atoms with van der Waals surface area (Å²) in [5, 5.41) is 0. The Hall–Kier alpha value is -0.870. The predicted octanol–water partition coefficient (Wildman–Crippen LogP) is 1.56. The van der Waals surface area contributed by atoms with Crippen molar-refractivity contribution < 1.29 is 0 Å². The monoisotopic (exact) mass is 222 g/mol. The quantitative estimate of drug-likeness (QED) is 0.844. The molecule has 0 bridgehead atoms. The van der Waals surface area contributed by atoms with Crippen molar-refractivity contribution in [3.8, 4) is 0 Å². The largest absolute Gasteiger partial charge is 0.330 e. The van der Waals surface area contributed by atoms with Crippen molar-refractivity contribution >= 4 is 0 Å². The minimum absolute atomic E-state index is 0.127. The molecule has 0 unspecified atom stereocenters. The number of piperidine rings is 1. The Bertz CT molecular complexity index is 326. The highest BCUT2D eigenvalue weighted by molar-refractivity contribution is 5.06. The first-order valence-electron chi connectivity index (χ1n) is 6.18. The van der Waals surface area contributed by atoms with Gasteiger partial charge in [0, 0.05) is 18.3 Å². The first kappa shape index (κ1) is 11.6. The van der Waals surface area contributed by atoms with Crippen LogP contribution in [0.4, 0.5) is 0 Å². The summed E-state index contributed by atoms with van der Waals surface area (Å²) in [4.78, 5) is 6.64. The smallest absolute Gasteiger partial charge is 0.0951 e. The summed E-state index contributed by atoms with van der Waals surface area (Å²) in [7, 11) is 2.18. The molecule has 0 radical (unpaired) electrons. The van der Waals surface area contributed by atoms with E-state index in [4.69, 9.17) is 5.73 Å². The summed E-state index contributed by atoms with van der Waals surface area (Å²) < 4.78 is 2.29. The Kier molecular flexibility index (Phi) is 3.61. The molecule has 1 aliphatic rings. The van der Waals surface area contributed by atoms with Gasteiger partial charge in [-0.3, -0.25) is 0 Å². The van der Waals surface area contributed by atoms with Crippen LogP contribution in [0.1, 0.15) is 44.0 Å². The van der Waals surface area contributed by atoms with E-state index in [-0.39, 0.29) is 6.04 Å². The SMILES string of the molecule is CC[C@@H](N)c1cncn1C1CCN(C)CC1. The Morgan fingerprint density at radius 1 is 1.50 bits per heavy atom. The predicted molar refractivity (Wildman–Crippen MR) is 65.2 cm³/mol. The zero-order valence-corrected chi connectivity index (χ0v) is 10.3. The van der Waals surface area contributed by atoms with E-state index < -0.39 is 0 Å². The minimum Gasteiger partial charge on any atom is -0.330 e. The van der Waals surface area contributed by atoms with Crippen LogP contribution in [-0.4, -0.2) is 34.6 Å². The lowest BCUT2D eigenvalue weighted by atomic mass is 10.0. The average molecular weight is 222 g/mol. The average Bonchev–Trinajstić information content (AvgIpc) is 2.78. The highest BCUT2D eigenvalue weighted by Crippen LogP contribution is 2.25. The van der Waals surface area contributed by atoms with Gasteiger partial charge in [-0.2, -0.15) is 0 Å². The third-order valence-corrected chi connectivity index (χ3v) is 3.60. The highest BCUT2D eigenvalue weighted by Gasteiger charge is 2.21. The molecular weight excluding hydrogens is 200 g/mol. The van der Waals surface area contributed by atoms with Crippen molar-refractivity contribution in [1.82, 2.24) is 14.5 Å². The molecule has 1 atom stereocenters. The van der Waals surface area contributed by atoms with Crippen LogP contribution >= 0.6 is 0 Å². The van der Waals surface area contributed by atoms with Gasteiger partial charge in [-0.05, 0) is 39.4 Å². The number of rotatable bonds is 3. The Morgan fingerprint density at radius 3 is 2.81 bits per heavy atom. The van der Waals surface area contributed by atoms with E-state index in [2.05, 4.69) is 28.4 Å². The fourth-order valence-corrected chi connectivity index (χ4v) is 2.39. The molecule has 0 spiro atoms. The molecule has 0 saturated carbocycles. The van der Waals surface area contributed by atoms with E-state index in [1.54, 1.807) is 0 Å². The molecule has 1 fully saturated rings. The summed E-state index contributed by atoms with van der Waals surface area (Å²) in [5.74, 6) is 0. The maximum absolute atomic E-state index is 6.10. The van der Waals surface area contributed by atoms with Gasteiger partial charge in [-0.1, -0.05) is 6.92 Å². The van der Waals surface area contributed by atoms with Gasteiger partial charge in [0.2, 0.25) is 0 Å². The summed E-state index contributed by atoms with van der Waals surface area (Å²) in [6, 6.07) is 0.716. The number of likely N-dealkylation sites (tertiary alicyclic amines) is 1. The fourth-order valence-electron chi connectivity index (χ4n) is 2.39. The molecule has 1 aliphatic heterocycles. The molecular formula is C12H22N4. The van der Waals surface area contributed by atoms with E-state index in [1.807, 2.05) is 12.5 Å². The number of imidazole rings is 1. The van der Waals surface area contributed by atoms with Gasteiger partial charge in [0.25, 0.3) is 0 Å². The first-order chi connectivity index (χ1) is 7.72. The molecule has 90 valence electrons. The number of hydrogen-bond donors (Lipinski definition) is 1. The van der Waals surface area contributed by atoms with Gasteiger partial charge in [-0.15, -0.1) is 0 Å². The second-order valence-corrected chi connectivity index (χ2v) is 4.77. The van der Waals surface area contributed by atoms with E-state index in [1.165, 1.54) is 31.6 Å². The van der Waals surface area contributed by atoms with Crippen molar-refractivity contribution in [3.63, 3.8) is 0 Å². The van der Waals surface area contributed by atoms with Gasteiger partial charge in [0.1, 0.15) is 0 Å². The van der Waals surface area contributed by atoms with Crippen LogP contribution in [0.2, 0.25) is 0 Å². The molecule has 16 heavy (non-hydrogen) atoms. The molecule has 1 saturated heterocycles. The Morgan fingerprint density at radius 2 is 2.19 bits per heavy atom. The molecule has 2 N–H and O–H groups in total. The molecule has 0 aromatic carbocycles. The lowest BCUT2D eigenvalue weighted by Gasteiger charge is -2.31. The summed E-state index contributed by atoms with van der Waals surface area (Å²) >= 11 is 0. The van der Waals surface area contributed by atoms with Crippen LogP contribution < -0.4 is 5.73 Å². The number of nitrogens with two attached hydrogens (primary N) is 1. The molecule has 2 rings (SSSR count).